The van der Waals surface area contributed by atoms with Crippen LogP contribution < -0.4 is 14.9 Å². The van der Waals surface area contributed by atoms with Gasteiger partial charge in [-0.3, -0.25) is 4.79 Å². The van der Waals surface area contributed by atoms with E-state index in [1.54, 1.807) is 19.2 Å². The summed E-state index contributed by atoms with van der Waals surface area (Å²) < 4.78 is 11.4. The van der Waals surface area contributed by atoms with Gasteiger partial charge < -0.3 is 9.47 Å². The maximum atomic E-state index is 11.8. The third-order valence-electron chi connectivity index (χ3n) is 2.92. The van der Waals surface area contributed by atoms with Crippen LogP contribution in [0.3, 0.4) is 0 Å². The number of hydrazone groups is 1. The fourth-order valence-electron chi connectivity index (χ4n) is 1.77. The summed E-state index contributed by atoms with van der Waals surface area (Å²) in [6, 6.07) is 8.30. The molecule has 2 rings (SSSR count). The minimum Gasteiger partial charge on any atom is -0.496 e. The Labute approximate surface area is 168 Å². The second-order valence-electron chi connectivity index (χ2n) is 4.66. The molecule has 0 radical (unpaired) electrons. The van der Waals surface area contributed by atoms with Gasteiger partial charge in [0.1, 0.15) is 11.5 Å². The quantitative estimate of drug-likeness (QED) is 0.372. The monoisotopic (exact) mass is 464 g/mol. The minimum atomic E-state index is -0.465. The lowest BCUT2D eigenvalue weighted by molar-refractivity contribution is -0.123. The largest absolute Gasteiger partial charge is 0.496 e. The smallest absolute Gasteiger partial charge is 0.277 e. The van der Waals surface area contributed by atoms with Gasteiger partial charge >= 0.3 is 0 Å². The predicted octanol–water partition coefficient (Wildman–Crippen LogP) is 4.95. The third-order valence-corrected chi connectivity index (χ3v) is 4.43. The molecule has 0 saturated heterocycles. The molecule has 0 unspecified atom stereocenters. The molecule has 0 aliphatic carbocycles. The van der Waals surface area contributed by atoms with E-state index in [9.17, 15) is 4.79 Å². The van der Waals surface area contributed by atoms with Gasteiger partial charge in [-0.1, -0.05) is 50.7 Å². The average molecular weight is 467 g/mol. The minimum absolute atomic E-state index is 0.254. The molecule has 0 spiro atoms. The first-order valence-electron chi connectivity index (χ1n) is 6.83. The number of nitrogens with one attached hydrogen (secondary N) is 1. The van der Waals surface area contributed by atoms with Crippen molar-refractivity contribution >= 4 is 62.9 Å². The molecule has 1 amide bonds. The molecule has 9 heteroatoms. The Kier molecular flexibility index (Phi) is 7.38. The number of carbonyl (C=O) groups excluding carboxylic acids is 1. The van der Waals surface area contributed by atoms with E-state index in [0.29, 0.717) is 16.3 Å². The summed E-state index contributed by atoms with van der Waals surface area (Å²) in [6.07, 6.45) is 1.47. The highest BCUT2D eigenvalue weighted by Gasteiger charge is 2.09. The topological polar surface area (TPSA) is 59.9 Å². The number of methoxy groups -OCH3 is 1. The van der Waals surface area contributed by atoms with Gasteiger partial charge in [0.05, 0.1) is 28.4 Å². The number of carbonyl (C=O) groups is 1. The normalized spacial score (nSPS) is 10.8. The van der Waals surface area contributed by atoms with Crippen LogP contribution in [0.2, 0.25) is 15.1 Å². The van der Waals surface area contributed by atoms with Crippen molar-refractivity contribution in [2.45, 2.75) is 0 Å². The Hall–Kier alpha value is -1.47. The van der Waals surface area contributed by atoms with Crippen LogP contribution in [-0.2, 0) is 4.79 Å². The van der Waals surface area contributed by atoms with Gasteiger partial charge in [0.2, 0.25) is 0 Å². The Bertz CT molecular complexity index is 815. The highest BCUT2D eigenvalue weighted by Crippen LogP contribution is 2.33. The van der Waals surface area contributed by atoms with E-state index in [4.69, 9.17) is 44.3 Å². The molecule has 25 heavy (non-hydrogen) atoms. The zero-order valence-corrected chi connectivity index (χ0v) is 16.7. The van der Waals surface area contributed by atoms with Crippen LogP contribution >= 0.6 is 50.7 Å². The number of hydrogen-bond acceptors (Lipinski definition) is 4. The van der Waals surface area contributed by atoms with Crippen LogP contribution in [0.4, 0.5) is 0 Å². The van der Waals surface area contributed by atoms with Gasteiger partial charge in [-0.15, -0.1) is 0 Å². The van der Waals surface area contributed by atoms with Gasteiger partial charge in [-0.2, -0.15) is 5.10 Å². The van der Waals surface area contributed by atoms with E-state index in [0.717, 1.165) is 4.47 Å². The molecule has 2 aromatic rings. The summed E-state index contributed by atoms with van der Waals surface area (Å²) in [5, 5.41) is 4.71. The van der Waals surface area contributed by atoms with Crippen LogP contribution in [-0.4, -0.2) is 25.8 Å². The molecule has 0 saturated carbocycles. The maximum absolute atomic E-state index is 11.8. The average Bonchev–Trinajstić information content (AvgIpc) is 2.57. The number of hydrogen-bond donors (Lipinski definition) is 1. The fourth-order valence-corrected chi connectivity index (χ4v) is 2.74. The van der Waals surface area contributed by atoms with Crippen LogP contribution in [0.5, 0.6) is 11.5 Å². The summed E-state index contributed by atoms with van der Waals surface area (Å²) >= 11 is 21.0. The van der Waals surface area contributed by atoms with Crippen LogP contribution in [0.15, 0.2) is 39.9 Å². The number of benzene rings is 2. The van der Waals surface area contributed by atoms with E-state index in [2.05, 4.69) is 26.5 Å². The van der Waals surface area contributed by atoms with Crippen molar-refractivity contribution in [3.05, 3.63) is 55.4 Å². The highest BCUT2D eigenvalue weighted by molar-refractivity contribution is 9.10. The van der Waals surface area contributed by atoms with Crippen molar-refractivity contribution < 1.29 is 14.3 Å². The number of halogens is 4. The van der Waals surface area contributed by atoms with Crippen LogP contribution in [0, 0.1) is 0 Å². The second kappa shape index (κ2) is 9.29. The van der Waals surface area contributed by atoms with Crippen molar-refractivity contribution in [2.75, 3.05) is 13.7 Å². The van der Waals surface area contributed by atoms with Crippen LogP contribution in [0.25, 0.3) is 0 Å². The SMILES string of the molecule is COc1ccc(Br)cc1/C=N/NC(=O)COc1cc(Cl)c(Cl)cc1Cl. The first-order valence-corrected chi connectivity index (χ1v) is 8.76. The fraction of sp³-hybridized carbons (Fsp3) is 0.125. The summed E-state index contributed by atoms with van der Waals surface area (Å²) in [7, 11) is 1.55. The summed E-state index contributed by atoms with van der Waals surface area (Å²) in [5.41, 5.74) is 3.05. The van der Waals surface area contributed by atoms with Gasteiger partial charge in [-0.05, 0) is 24.3 Å². The zero-order valence-electron chi connectivity index (χ0n) is 12.9. The zero-order chi connectivity index (χ0) is 18.4. The molecule has 0 atom stereocenters. The van der Waals surface area contributed by atoms with E-state index >= 15 is 0 Å². The molecule has 0 aromatic heterocycles. The molecule has 132 valence electrons. The van der Waals surface area contributed by atoms with Crippen molar-refractivity contribution in [3.8, 4) is 11.5 Å². The standard InChI is InChI=1S/C16H12BrCl3N2O3/c1-24-14-3-2-10(17)4-9(14)7-21-22-16(23)8-25-15-6-12(19)11(18)5-13(15)20/h2-7H,8H2,1H3,(H,22,23)/b21-7+. The lowest BCUT2D eigenvalue weighted by Gasteiger charge is -2.08. The number of rotatable bonds is 6. The summed E-state index contributed by atoms with van der Waals surface area (Å²) in [5.74, 6) is 0.413. The molecular formula is C16H12BrCl3N2O3. The van der Waals surface area contributed by atoms with Crippen molar-refractivity contribution in [1.82, 2.24) is 5.43 Å². The van der Waals surface area contributed by atoms with Crippen molar-refractivity contribution in [3.63, 3.8) is 0 Å². The Morgan fingerprint density at radius 1 is 1.16 bits per heavy atom. The van der Waals surface area contributed by atoms with E-state index in [1.165, 1.54) is 18.3 Å². The lowest BCUT2D eigenvalue weighted by Crippen LogP contribution is -2.24. The molecule has 0 aliphatic heterocycles. The number of amides is 1. The molecule has 0 bridgehead atoms. The molecular weight excluding hydrogens is 454 g/mol. The predicted molar refractivity (Wildman–Crippen MR) is 103 cm³/mol. The Morgan fingerprint density at radius 3 is 2.60 bits per heavy atom. The first kappa shape index (κ1) is 19.8. The van der Waals surface area contributed by atoms with E-state index < -0.39 is 5.91 Å². The number of nitrogens with zero attached hydrogens (tertiary/aromatic N) is 1. The van der Waals surface area contributed by atoms with Gasteiger partial charge in [0.25, 0.3) is 5.91 Å². The molecule has 2 aromatic carbocycles. The molecule has 1 N–H and O–H groups in total. The van der Waals surface area contributed by atoms with Gasteiger partial charge in [0, 0.05) is 16.1 Å². The Balaban J connectivity index is 1.93. The van der Waals surface area contributed by atoms with Crippen molar-refractivity contribution in [1.29, 1.82) is 0 Å². The molecule has 0 fully saturated rings. The molecule has 5 nitrogen and oxygen atoms in total. The van der Waals surface area contributed by atoms with E-state index in [1.807, 2.05) is 6.07 Å². The number of ether oxygens (including phenoxy) is 2. The lowest BCUT2D eigenvalue weighted by atomic mass is 10.2. The Morgan fingerprint density at radius 2 is 1.88 bits per heavy atom. The highest BCUT2D eigenvalue weighted by atomic mass is 79.9. The first-order chi connectivity index (χ1) is 11.9. The second-order valence-corrected chi connectivity index (χ2v) is 6.80. The van der Waals surface area contributed by atoms with Gasteiger partial charge in [0.15, 0.2) is 6.61 Å². The van der Waals surface area contributed by atoms with Crippen molar-refractivity contribution in [2.24, 2.45) is 5.10 Å². The maximum Gasteiger partial charge on any atom is 0.277 e. The van der Waals surface area contributed by atoms with Crippen LogP contribution in [0.1, 0.15) is 5.56 Å². The third kappa shape index (κ3) is 5.78. The molecule has 0 aliphatic rings. The summed E-state index contributed by atoms with van der Waals surface area (Å²) in [4.78, 5) is 11.8. The van der Waals surface area contributed by atoms with Gasteiger partial charge in [-0.25, -0.2) is 5.43 Å². The molecule has 0 heterocycles. The summed E-state index contributed by atoms with van der Waals surface area (Å²) in [6.45, 7) is -0.287. The van der Waals surface area contributed by atoms with E-state index in [-0.39, 0.29) is 22.4 Å².